The summed E-state index contributed by atoms with van der Waals surface area (Å²) in [6.45, 7) is 9.35. The highest BCUT2D eigenvalue weighted by molar-refractivity contribution is 8.01. The second-order valence-corrected chi connectivity index (χ2v) is 12.8. The summed E-state index contributed by atoms with van der Waals surface area (Å²) in [4.78, 5) is 5.12. The van der Waals surface area contributed by atoms with Crippen molar-refractivity contribution in [1.29, 1.82) is 0 Å². The number of benzene rings is 2. The third-order valence-electron chi connectivity index (χ3n) is 4.74. The van der Waals surface area contributed by atoms with Gasteiger partial charge in [-0.25, -0.2) is 0 Å². The van der Waals surface area contributed by atoms with Crippen LogP contribution in [0.25, 0.3) is 0 Å². The maximum atomic E-state index is 6.53. The standard InChI is InChI=1S/C25H36N2S4/c1-5-19(4)30-22-10-12-23(13-11-22)31-25(16-26)24(27)17-29-21-8-6-20(7-9-21)28-15-14-18(2)3/h6-14,19,24-25H,5,15-17,26-27H2,1-4H3. The molecule has 0 aliphatic heterocycles. The van der Waals surface area contributed by atoms with Crippen molar-refractivity contribution in [2.24, 2.45) is 11.5 Å². The predicted octanol–water partition coefficient (Wildman–Crippen LogP) is 7.17. The van der Waals surface area contributed by atoms with E-state index in [0.717, 1.165) is 11.5 Å². The molecule has 0 amide bonds. The summed E-state index contributed by atoms with van der Waals surface area (Å²) in [7, 11) is 0. The molecule has 0 fully saturated rings. The molecular weight excluding hydrogens is 457 g/mol. The molecule has 3 atom stereocenters. The molecule has 0 aliphatic carbocycles. The van der Waals surface area contributed by atoms with E-state index in [1.165, 1.54) is 31.6 Å². The molecule has 0 aromatic heterocycles. The third kappa shape index (κ3) is 10.3. The molecule has 0 heterocycles. The molecule has 4 N–H and O–H groups in total. The first-order valence-corrected chi connectivity index (χ1v) is 14.5. The van der Waals surface area contributed by atoms with Crippen molar-refractivity contribution in [3.63, 3.8) is 0 Å². The van der Waals surface area contributed by atoms with Crippen LogP contribution in [0.15, 0.2) is 79.8 Å². The van der Waals surface area contributed by atoms with Gasteiger partial charge in [0.25, 0.3) is 0 Å². The van der Waals surface area contributed by atoms with Crippen molar-refractivity contribution < 1.29 is 0 Å². The molecule has 0 spiro atoms. The maximum Gasteiger partial charge on any atom is 0.0376 e. The lowest BCUT2D eigenvalue weighted by Crippen LogP contribution is -2.39. The fourth-order valence-corrected chi connectivity index (χ4v) is 6.57. The molecule has 2 nitrogen and oxygen atoms in total. The lowest BCUT2D eigenvalue weighted by Gasteiger charge is -2.22. The number of nitrogens with two attached hydrogens (primary N) is 2. The van der Waals surface area contributed by atoms with E-state index in [1.54, 1.807) is 11.8 Å². The first kappa shape index (κ1) is 26.7. The molecule has 2 rings (SSSR count). The van der Waals surface area contributed by atoms with Crippen LogP contribution in [0.3, 0.4) is 0 Å². The van der Waals surface area contributed by atoms with Crippen molar-refractivity contribution >= 4 is 47.0 Å². The fraction of sp³-hybridized carbons (Fsp3) is 0.440. The van der Waals surface area contributed by atoms with Gasteiger partial charge >= 0.3 is 0 Å². The van der Waals surface area contributed by atoms with Crippen molar-refractivity contribution in [1.82, 2.24) is 0 Å². The normalized spacial score (nSPS) is 14.1. The van der Waals surface area contributed by atoms with Crippen LogP contribution in [0.1, 0.15) is 34.1 Å². The Kier molecular flexibility index (Phi) is 12.6. The Morgan fingerprint density at radius 3 is 1.90 bits per heavy atom. The Hall–Kier alpha value is -0.500. The van der Waals surface area contributed by atoms with E-state index in [2.05, 4.69) is 82.3 Å². The van der Waals surface area contributed by atoms with Gasteiger partial charge in [-0.3, -0.25) is 0 Å². The number of thioether (sulfide) groups is 4. The summed E-state index contributed by atoms with van der Waals surface area (Å²) in [5.41, 5.74) is 14.0. The average molecular weight is 493 g/mol. The van der Waals surface area contributed by atoms with Gasteiger partial charge in [-0.2, -0.15) is 0 Å². The van der Waals surface area contributed by atoms with Gasteiger partial charge in [-0.15, -0.1) is 47.0 Å². The molecule has 31 heavy (non-hydrogen) atoms. The molecule has 2 aromatic carbocycles. The Labute approximate surface area is 206 Å². The second kappa shape index (κ2) is 14.6. The SMILES string of the molecule is CCC(C)Sc1ccc(SC(CN)C(N)CSc2ccc(SCC=C(C)C)cc2)cc1. The number of hydrogen-bond acceptors (Lipinski definition) is 6. The van der Waals surface area contributed by atoms with Crippen LogP contribution in [-0.4, -0.2) is 34.6 Å². The van der Waals surface area contributed by atoms with E-state index in [1.807, 2.05) is 35.3 Å². The van der Waals surface area contributed by atoms with E-state index >= 15 is 0 Å². The van der Waals surface area contributed by atoms with Crippen LogP contribution in [0.2, 0.25) is 0 Å². The van der Waals surface area contributed by atoms with E-state index in [-0.39, 0.29) is 11.3 Å². The summed E-state index contributed by atoms with van der Waals surface area (Å²) >= 11 is 7.41. The molecule has 170 valence electrons. The molecule has 2 aromatic rings. The number of allylic oxidation sites excluding steroid dienone is 1. The third-order valence-corrected chi connectivity index (χ3v) is 9.51. The van der Waals surface area contributed by atoms with Gasteiger partial charge in [0.2, 0.25) is 0 Å². The second-order valence-electron chi connectivity index (χ2n) is 7.74. The molecule has 0 radical (unpaired) electrons. The molecule has 3 unspecified atom stereocenters. The molecular formula is C25H36N2S4. The molecule has 0 saturated carbocycles. The van der Waals surface area contributed by atoms with Crippen molar-refractivity contribution in [3.05, 3.63) is 60.2 Å². The highest BCUT2D eigenvalue weighted by Crippen LogP contribution is 2.31. The molecule has 0 saturated heterocycles. The zero-order valence-electron chi connectivity index (χ0n) is 19.0. The largest absolute Gasteiger partial charge is 0.329 e. The zero-order valence-corrected chi connectivity index (χ0v) is 22.3. The average Bonchev–Trinajstić information content (AvgIpc) is 2.77. The summed E-state index contributed by atoms with van der Waals surface area (Å²) < 4.78 is 0. The summed E-state index contributed by atoms with van der Waals surface area (Å²) in [6.07, 6.45) is 3.44. The maximum absolute atomic E-state index is 6.53. The van der Waals surface area contributed by atoms with Gasteiger partial charge in [-0.1, -0.05) is 25.5 Å². The van der Waals surface area contributed by atoms with Crippen LogP contribution in [-0.2, 0) is 0 Å². The minimum absolute atomic E-state index is 0.0425. The lowest BCUT2D eigenvalue weighted by molar-refractivity contribution is 0.701. The molecule has 0 aliphatic rings. The first-order chi connectivity index (χ1) is 14.9. The smallest absolute Gasteiger partial charge is 0.0376 e. The zero-order chi connectivity index (χ0) is 22.6. The summed E-state index contributed by atoms with van der Waals surface area (Å²) in [5.74, 6) is 1.88. The quantitative estimate of drug-likeness (QED) is 0.228. The Bertz CT molecular complexity index is 786. The molecule has 6 heteroatoms. The van der Waals surface area contributed by atoms with Gasteiger partial charge in [0.05, 0.1) is 0 Å². The number of hydrogen-bond donors (Lipinski definition) is 2. The number of rotatable bonds is 13. The Morgan fingerprint density at radius 1 is 0.871 bits per heavy atom. The van der Waals surface area contributed by atoms with Crippen molar-refractivity contribution in [2.75, 3.05) is 18.1 Å². The highest BCUT2D eigenvalue weighted by Gasteiger charge is 2.18. The van der Waals surface area contributed by atoms with Gasteiger partial charge < -0.3 is 11.5 Å². The van der Waals surface area contributed by atoms with Gasteiger partial charge in [0.15, 0.2) is 0 Å². The summed E-state index contributed by atoms with van der Waals surface area (Å²) in [6, 6.07) is 17.7. The summed E-state index contributed by atoms with van der Waals surface area (Å²) in [5, 5.41) is 0.852. The van der Waals surface area contributed by atoms with Gasteiger partial charge in [0, 0.05) is 54.2 Å². The lowest BCUT2D eigenvalue weighted by atomic mass is 10.2. The van der Waals surface area contributed by atoms with Crippen molar-refractivity contribution in [2.45, 2.75) is 70.2 Å². The van der Waals surface area contributed by atoms with Crippen LogP contribution >= 0.6 is 47.0 Å². The topological polar surface area (TPSA) is 52.0 Å². The highest BCUT2D eigenvalue weighted by atomic mass is 32.2. The minimum Gasteiger partial charge on any atom is -0.329 e. The fourth-order valence-electron chi connectivity index (χ4n) is 2.63. The minimum atomic E-state index is 0.0425. The van der Waals surface area contributed by atoms with Gasteiger partial charge in [0.1, 0.15) is 0 Å². The first-order valence-electron chi connectivity index (χ1n) is 10.8. The monoisotopic (exact) mass is 492 g/mol. The van der Waals surface area contributed by atoms with Crippen LogP contribution in [0.5, 0.6) is 0 Å². The van der Waals surface area contributed by atoms with E-state index in [4.69, 9.17) is 11.5 Å². The van der Waals surface area contributed by atoms with Crippen LogP contribution in [0.4, 0.5) is 0 Å². The molecule has 0 bridgehead atoms. The van der Waals surface area contributed by atoms with E-state index in [0.29, 0.717) is 11.8 Å². The van der Waals surface area contributed by atoms with E-state index < -0.39 is 0 Å². The Balaban J connectivity index is 1.83. The van der Waals surface area contributed by atoms with Crippen LogP contribution < -0.4 is 11.5 Å². The van der Waals surface area contributed by atoms with Crippen LogP contribution in [0, 0.1) is 0 Å². The van der Waals surface area contributed by atoms with Gasteiger partial charge in [-0.05, 0) is 68.8 Å². The van der Waals surface area contributed by atoms with E-state index in [9.17, 15) is 0 Å². The predicted molar refractivity (Wildman–Crippen MR) is 146 cm³/mol. The van der Waals surface area contributed by atoms with Crippen molar-refractivity contribution in [3.8, 4) is 0 Å². The Morgan fingerprint density at radius 2 is 1.39 bits per heavy atom.